The third-order valence-corrected chi connectivity index (χ3v) is 5.64. The number of aryl methyl sites for hydroxylation is 1. The van der Waals surface area contributed by atoms with Crippen LogP contribution in [0.2, 0.25) is 0 Å². The molecule has 0 saturated heterocycles. The van der Waals surface area contributed by atoms with Crippen LogP contribution in [0.25, 0.3) is 6.08 Å². The molecule has 0 saturated carbocycles. The van der Waals surface area contributed by atoms with Crippen LogP contribution >= 0.6 is 11.8 Å². The number of imidazole rings is 1. The van der Waals surface area contributed by atoms with E-state index in [-0.39, 0.29) is 0 Å². The lowest BCUT2D eigenvalue weighted by Gasteiger charge is -2.19. The van der Waals surface area contributed by atoms with Gasteiger partial charge in [0.15, 0.2) is 5.16 Å². The van der Waals surface area contributed by atoms with Gasteiger partial charge in [0.1, 0.15) is 12.4 Å². The number of allylic oxidation sites excluding steroid dienone is 4. The quantitative estimate of drug-likeness (QED) is 0.579. The molecule has 0 fully saturated rings. The number of nitrogens with zero attached hydrogens (tertiary/aromatic N) is 3. The van der Waals surface area contributed by atoms with Gasteiger partial charge in [0.2, 0.25) is 0 Å². The highest BCUT2D eigenvalue weighted by molar-refractivity contribution is 7.99. The molecule has 0 radical (unpaired) electrons. The number of thioether (sulfide) groups is 1. The Morgan fingerprint density at radius 2 is 2.31 bits per heavy atom. The topological polar surface area (TPSA) is 42.3 Å². The number of ether oxygens (including phenoxy) is 1. The SMILES string of the molecule is Cn1ccnc1SCCN1C#CC/C=C(/C=C/c2ccc3c(c2)OCCN3)C=C1. The average molecular weight is 405 g/mol. The average Bonchev–Trinajstić information content (AvgIpc) is 3.14. The van der Waals surface area contributed by atoms with Gasteiger partial charge in [0.25, 0.3) is 0 Å². The van der Waals surface area contributed by atoms with Crippen molar-refractivity contribution in [1.29, 1.82) is 0 Å². The maximum atomic E-state index is 5.72. The van der Waals surface area contributed by atoms with E-state index in [0.717, 1.165) is 53.0 Å². The van der Waals surface area contributed by atoms with Crippen molar-refractivity contribution >= 4 is 23.5 Å². The van der Waals surface area contributed by atoms with Gasteiger partial charge in [-0.2, -0.15) is 0 Å². The molecular weight excluding hydrogens is 380 g/mol. The van der Waals surface area contributed by atoms with E-state index in [9.17, 15) is 0 Å². The van der Waals surface area contributed by atoms with E-state index in [0.29, 0.717) is 6.61 Å². The fourth-order valence-electron chi connectivity index (χ4n) is 3.02. The summed E-state index contributed by atoms with van der Waals surface area (Å²) in [6, 6.07) is 9.46. The van der Waals surface area contributed by atoms with Gasteiger partial charge in [-0.3, -0.25) is 0 Å². The summed E-state index contributed by atoms with van der Waals surface area (Å²) in [5.74, 6) is 5.07. The van der Waals surface area contributed by atoms with E-state index in [2.05, 4.69) is 75.9 Å². The fraction of sp³-hybridized carbons (Fsp3) is 0.261. The molecule has 1 N–H and O–H groups in total. The number of hydrogen-bond acceptors (Lipinski definition) is 5. The number of hydrogen-bond donors (Lipinski definition) is 1. The zero-order valence-corrected chi connectivity index (χ0v) is 17.3. The van der Waals surface area contributed by atoms with Gasteiger partial charge in [-0.25, -0.2) is 4.98 Å². The third kappa shape index (κ3) is 5.27. The van der Waals surface area contributed by atoms with Gasteiger partial charge in [0, 0.05) is 56.9 Å². The summed E-state index contributed by atoms with van der Waals surface area (Å²) >= 11 is 1.74. The molecular formula is C23H24N4OS. The maximum absolute atomic E-state index is 5.72. The molecule has 1 aromatic carbocycles. The Morgan fingerprint density at radius 1 is 1.34 bits per heavy atom. The molecule has 148 valence electrons. The van der Waals surface area contributed by atoms with Crippen molar-refractivity contribution in [2.24, 2.45) is 7.05 Å². The molecule has 0 amide bonds. The van der Waals surface area contributed by atoms with Crippen molar-refractivity contribution in [3.63, 3.8) is 0 Å². The minimum atomic E-state index is 0.709. The molecule has 0 unspecified atom stereocenters. The molecule has 0 aliphatic carbocycles. The Hall–Kier alpha value is -3.04. The molecule has 0 atom stereocenters. The fourth-order valence-corrected chi connectivity index (χ4v) is 3.90. The maximum Gasteiger partial charge on any atom is 0.167 e. The Morgan fingerprint density at radius 3 is 3.21 bits per heavy atom. The van der Waals surface area contributed by atoms with Gasteiger partial charge in [-0.1, -0.05) is 42.0 Å². The van der Waals surface area contributed by atoms with Gasteiger partial charge >= 0.3 is 0 Å². The van der Waals surface area contributed by atoms with E-state index < -0.39 is 0 Å². The molecule has 1 aromatic heterocycles. The first-order chi connectivity index (χ1) is 14.3. The first kappa shape index (κ1) is 19.3. The Kier molecular flexibility index (Phi) is 6.28. The summed E-state index contributed by atoms with van der Waals surface area (Å²) in [4.78, 5) is 6.40. The molecule has 0 bridgehead atoms. The second kappa shape index (κ2) is 9.44. The molecule has 4 rings (SSSR count). The molecule has 2 aliphatic rings. The first-order valence-corrected chi connectivity index (χ1v) is 10.7. The van der Waals surface area contributed by atoms with E-state index >= 15 is 0 Å². The molecule has 0 spiro atoms. The number of rotatable bonds is 6. The molecule has 29 heavy (non-hydrogen) atoms. The summed E-state index contributed by atoms with van der Waals surface area (Å²) in [7, 11) is 2.01. The zero-order chi connectivity index (χ0) is 19.9. The molecule has 2 aromatic rings. The second-order valence-corrected chi connectivity index (χ2v) is 7.80. The lowest BCUT2D eigenvalue weighted by molar-refractivity contribution is 0.323. The van der Waals surface area contributed by atoms with Gasteiger partial charge in [0.05, 0.1) is 5.69 Å². The highest BCUT2D eigenvalue weighted by atomic mass is 32.2. The number of benzene rings is 1. The van der Waals surface area contributed by atoms with Crippen molar-refractivity contribution < 1.29 is 4.74 Å². The number of anilines is 1. The third-order valence-electron chi connectivity index (χ3n) is 4.60. The predicted octanol–water partition coefficient (Wildman–Crippen LogP) is 4.14. The second-order valence-electron chi connectivity index (χ2n) is 6.74. The van der Waals surface area contributed by atoms with Crippen LogP contribution < -0.4 is 10.1 Å². The van der Waals surface area contributed by atoms with E-state index in [4.69, 9.17) is 4.74 Å². The normalized spacial score (nSPS) is 17.3. The van der Waals surface area contributed by atoms with Crippen LogP contribution in [0.1, 0.15) is 12.0 Å². The van der Waals surface area contributed by atoms with Crippen LogP contribution in [0.15, 0.2) is 65.8 Å². The van der Waals surface area contributed by atoms with E-state index in [1.54, 1.807) is 11.8 Å². The Balaban J connectivity index is 1.35. The standard InChI is InChI=1S/C23H24N4OS/c1-26-14-10-25-23(26)29-17-15-27-12-3-2-4-19(9-13-27)5-6-20-7-8-21-22(18-20)28-16-11-24-21/h4-10,13-14,18,24H,2,11,15-17H2,1H3/b6-5+,13-9?,19-4-. The minimum Gasteiger partial charge on any atom is -0.490 e. The van der Waals surface area contributed by atoms with E-state index in [1.807, 2.05) is 24.0 Å². The number of nitrogens with one attached hydrogen (secondary N) is 1. The van der Waals surface area contributed by atoms with Crippen LogP contribution in [0.3, 0.4) is 0 Å². The van der Waals surface area contributed by atoms with Crippen molar-refractivity contribution in [1.82, 2.24) is 14.5 Å². The molecule has 5 nitrogen and oxygen atoms in total. The van der Waals surface area contributed by atoms with Gasteiger partial charge in [-0.05, 0) is 29.3 Å². The van der Waals surface area contributed by atoms with Crippen LogP contribution in [0, 0.1) is 12.0 Å². The summed E-state index contributed by atoms with van der Waals surface area (Å²) in [6.07, 6.45) is 15.1. The van der Waals surface area contributed by atoms with Crippen LogP contribution in [0.4, 0.5) is 5.69 Å². The number of fused-ring (bicyclic) bond motifs is 1. The minimum absolute atomic E-state index is 0.709. The lowest BCUT2D eigenvalue weighted by atomic mass is 10.1. The molecule has 6 heteroatoms. The van der Waals surface area contributed by atoms with Crippen molar-refractivity contribution in [3.8, 4) is 17.7 Å². The van der Waals surface area contributed by atoms with Crippen molar-refractivity contribution in [3.05, 3.63) is 66.2 Å². The summed E-state index contributed by atoms with van der Waals surface area (Å²) in [5.41, 5.74) is 3.34. The Labute approximate surface area is 176 Å². The van der Waals surface area contributed by atoms with Gasteiger partial charge < -0.3 is 19.5 Å². The largest absolute Gasteiger partial charge is 0.490 e. The van der Waals surface area contributed by atoms with Crippen LogP contribution in [-0.2, 0) is 7.05 Å². The predicted molar refractivity (Wildman–Crippen MR) is 120 cm³/mol. The van der Waals surface area contributed by atoms with Crippen molar-refractivity contribution in [2.45, 2.75) is 11.6 Å². The lowest BCUT2D eigenvalue weighted by Crippen LogP contribution is -2.17. The zero-order valence-electron chi connectivity index (χ0n) is 16.5. The highest BCUT2D eigenvalue weighted by Crippen LogP contribution is 2.28. The van der Waals surface area contributed by atoms with Gasteiger partial charge in [-0.15, -0.1) is 0 Å². The van der Waals surface area contributed by atoms with Crippen LogP contribution in [0.5, 0.6) is 5.75 Å². The number of aromatic nitrogens is 2. The Bertz CT molecular complexity index is 1010. The van der Waals surface area contributed by atoms with E-state index in [1.165, 1.54) is 0 Å². The molecule has 3 heterocycles. The monoisotopic (exact) mass is 404 g/mol. The smallest absolute Gasteiger partial charge is 0.167 e. The summed E-state index contributed by atoms with van der Waals surface area (Å²) in [6.45, 7) is 2.42. The van der Waals surface area contributed by atoms with Crippen molar-refractivity contribution in [2.75, 3.05) is 30.8 Å². The first-order valence-electron chi connectivity index (χ1n) is 9.70. The van der Waals surface area contributed by atoms with Crippen LogP contribution in [-0.4, -0.2) is 39.9 Å². The summed E-state index contributed by atoms with van der Waals surface area (Å²) < 4.78 is 7.76. The summed E-state index contributed by atoms with van der Waals surface area (Å²) in [5, 5.41) is 4.37. The molecule has 2 aliphatic heterocycles. The highest BCUT2D eigenvalue weighted by Gasteiger charge is 2.08.